The Labute approximate surface area is 200 Å². The molecule has 0 saturated heterocycles. The molecule has 0 atom stereocenters. The van der Waals surface area contributed by atoms with Crippen molar-refractivity contribution in [3.8, 4) is 11.1 Å². The van der Waals surface area contributed by atoms with E-state index in [1.54, 1.807) is 0 Å². The minimum absolute atomic E-state index is 0.00271. The van der Waals surface area contributed by atoms with Crippen LogP contribution >= 0.6 is 0 Å². The van der Waals surface area contributed by atoms with Crippen molar-refractivity contribution in [2.45, 2.75) is 32.1 Å². The van der Waals surface area contributed by atoms with Gasteiger partial charge in [-0.1, -0.05) is 92.7 Å². The van der Waals surface area contributed by atoms with Gasteiger partial charge in [-0.25, -0.2) is 0 Å². The largest absolute Gasteiger partial charge is 0.313 e. The zero-order valence-electron chi connectivity index (χ0n) is 19.7. The molecule has 0 N–H and O–H groups in total. The summed E-state index contributed by atoms with van der Waals surface area (Å²) in [5.74, 6) is 0. The van der Waals surface area contributed by atoms with Gasteiger partial charge in [0, 0.05) is 21.9 Å². The highest BCUT2D eigenvalue weighted by molar-refractivity contribution is 6.12. The molecule has 0 unspecified atom stereocenters. The van der Waals surface area contributed by atoms with Crippen molar-refractivity contribution >= 4 is 33.1 Å². The number of rotatable bonds is 2. The second-order valence-corrected chi connectivity index (χ2v) is 10.2. The molecule has 34 heavy (non-hydrogen) atoms. The van der Waals surface area contributed by atoms with Crippen molar-refractivity contribution in [2.24, 2.45) is 0 Å². The van der Waals surface area contributed by atoms with Gasteiger partial charge in [0.2, 0.25) is 0 Å². The van der Waals surface area contributed by atoms with Crippen molar-refractivity contribution < 1.29 is 0 Å². The predicted octanol–water partition coefficient (Wildman–Crippen LogP) is 8.82. The Bertz CT molecular complexity index is 1660. The lowest BCUT2D eigenvalue weighted by molar-refractivity contribution is 0.661. The van der Waals surface area contributed by atoms with E-state index in [-0.39, 0.29) is 5.41 Å². The van der Waals surface area contributed by atoms with Gasteiger partial charge in [-0.3, -0.25) is 0 Å². The summed E-state index contributed by atoms with van der Waals surface area (Å²) in [6.07, 6.45) is 6.76. The van der Waals surface area contributed by atoms with E-state index in [0.29, 0.717) is 0 Å². The number of para-hydroxylation sites is 1. The number of hydrogen-bond acceptors (Lipinski definition) is 0. The fourth-order valence-corrected chi connectivity index (χ4v) is 6.18. The van der Waals surface area contributed by atoms with Gasteiger partial charge < -0.3 is 4.57 Å². The van der Waals surface area contributed by atoms with Gasteiger partial charge in [-0.05, 0) is 70.5 Å². The third kappa shape index (κ3) is 2.67. The first-order valence-corrected chi connectivity index (χ1v) is 12.3. The van der Waals surface area contributed by atoms with Crippen LogP contribution in [-0.2, 0) is 5.41 Å². The van der Waals surface area contributed by atoms with E-state index < -0.39 is 0 Å². The molecule has 2 aliphatic carbocycles. The summed E-state index contributed by atoms with van der Waals surface area (Å²) >= 11 is 0. The number of allylic oxidation sites excluding steroid dienone is 4. The van der Waals surface area contributed by atoms with E-state index >= 15 is 0 Å². The number of aromatic nitrogens is 1. The van der Waals surface area contributed by atoms with Gasteiger partial charge in [0.15, 0.2) is 0 Å². The molecule has 164 valence electrons. The molecule has 0 saturated carbocycles. The van der Waals surface area contributed by atoms with Gasteiger partial charge >= 0.3 is 0 Å². The van der Waals surface area contributed by atoms with Crippen molar-refractivity contribution in [3.05, 3.63) is 120 Å². The molecule has 0 radical (unpaired) electrons. The Morgan fingerprint density at radius 3 is 2.21 bits per heavy atom. The Morgan fingerprint density at radius 1 is 0.618 bits per heavy atom. The molecule has 2 aliphatic rings. The molecule has 0 bridgehead atoms. The van der Waals surface area contributed by atoms with Crippen molar-refractivity contribution in [1.29, 1.82) is 0 Å². The second kappa shape index (κ2) is 7.08. The Hall–Kier alpha value is -3.84. The lowest BCUT2D eigenvalue weighted by Gasteiger charge is -2.22. The van der Waals surface area contributed by atoms with Crippen LogP contribution in [0.1, 0.15) is 43.4 Å². The van der Waals surface area contributed by atoms with Crippen LogP contribution in [0.15, 0.2) is 103 Å². The van der Waals surface area contributed by atoms with Crippen LogP contribution in [0.2, 0.25) is 0 Å². The highest BCUT2D eigenvalue weighted by Gasteiger charge is 2.36. The molecular formula is C33H27N. The molecule has 7 rings (SSSR count). The highest BCUT2D eigenvalue weighted by atomic mass is 15.0. The van der Waals surface area contributed by atoms with E-state index in [2.05, 4.69) is 122 Å². The SMILES string of the molecule is CC1(C)c2ccccc2-c2cc3c4ccccc4n(C4=CC=C(c5ccccc5)CC4)c3cc21. The second-order valence-electron chi connectivity index (χ2n) is 10.2. The monoisotopic (exact) mass is 437 g/mol. The third-order valence-corrected chi connectivity index (χ3v) is 7.93. The van der Waals surface area contributed by atoms with E-state index in [9.17, 15) is 0 Å². The van der Waals surface area contributed by atoms with Crippen molar-refractivity contribution in [3.63, 3.8) is 0 Å². The standard InChI is InChI=1S/C33H27N/c1-33(2)29-14-8-6-12-25(29)27-20-28-26-13-7-9-15-31(26)34(32(28)21-30(27)33)24-18-16-23(17-19-24)22-10-4-3-5-11-22/h3-16,18,20-21H,17,19H2,1-2H3. The fraction of sp³-hybridized carbons (Fsp3) is 0.152. The Balaban J connectivity index is 1.48. The van der Waals surface area contributed by atoms with Gasteiger partial charge in [0.25, 0.3) is 0 Å². The van der Waals surface area contributed by atoms with Crippen molar-refractivity contribution in [1.82, 2.24) is 4.57 Å². The normalized spacial score (nSPS) is 16.3. The Morgan fingerprint density at radius 2 is 1.38 bits per heavy atom. The van der Waals surface area contributed by atoms with Gasteiger partial charge in [0.1, 0.15) is 0 Å². The maximum atomic E-state index is 2.52. The summed E-state index contributed by atoms with van der Waals surface area (Å²) < 4.78 is 2.52. The fourth-order valence-electron chi connectivity index (χ4n) is 6.18. The zero-order chi connectivity index (χ0) is 22.9. The average molecular weight is 438 g/mol. The first-order chi connectivity index (χ1) is 16.6. The molecule has 0 amide bonds. The number of benzene rings is 4. The summed E-state index contributed by atoms with van der Waals surface area (Å²) in [7, 11) is 0. The number of fused-ring (bicyclic) bond motifs is 6. The van der Waals surface area contributed by atoms with E-state index in [1.165, 1.54) is 60.9 Å². The summed E-state index contributed by atoms with van der Waals surface area (Å²) in [4.78, 5) is 0. The minimum atomic E-state index is 0.00271. The maximum absolute atomic E-state index is 2.52. The molecule has 1 nitrogen and oxygen atoms in total. The van der Waals surface area contributed by atoms with Crippen LogP contribution in [0.4, 0.5) is 0 Å². The molecule has 5 aromatic rings. The molecule has 0 aliphatic heterocycles. The van der Waals surface area contributed by atoms with Crippen LogP contribution in [0, 0.1) is 0 Å². The summed E-state index contributed by atoms with van der Waals surface area (Å²) in [6, 6.07) is 33.5. The van der Waals surface area contributed by atoms with Crippen LogP contribution in [0.5, 0.6) is 0 Å². The van der Waals surface area contributed by atoms with Crippen LogP contribution < -0.4 is 0 Å². The molecule has 1 heteroatoms. The first kappa shape index (κ1) is 19.6. The van der Waals surface area contributed by atoms with E-state index in [4.69, 9.17) is 0 Å². The highest BCUT2D eigenvalue weighted by Crippen LogP contribution is 2.51. The van der Waals surface area contributed by atoms with E-state index in [0.717, 1.165) is 12.8 Å². The smallest absolute Gasteiger partial charge is 0.0541 e. The number of hydrogen-bond donors (Lipinski definition) is 0. The van der Waals surface area contributed by atoms with Gasteiger partial charge in [0.05, 0.1) is 11.0 Å². The molecular weight excluding hydrogens is 410 g/mol. The molecule has 4 aromatic carbocycles. The maximum Gasteiger partial charge on any atom is 0.0541 e. The topological polar surface area (TPSA) is 4.93 Å². The summed E-state index contributed by atoms with van der Waals surface area (Å²) in [5, 5.41) is 2.68. The first-order valence-electron chi connectivity index (χ1n) is 12.3. The lowest BCUT2D eigenvalue weighted by Crippen LogP contribution is -2.15. The van der Waals surface area contributed by atoms with Gasteiger partial charge in [-0.2, -0.15) is 0 Å². The van der Waals surface area contributed by atoms with Crippen molar-refractivity contribution in [2.75, 3.05) is 0 Å². The molecule has 1 heterocycles. The van der Waals surface area contributed by atoms with Crippen LogP contribution in [0.3, 0.4) is 0 Å². The molecule has 1 aromatic heterocycles. The quantitative estimate of drug-likeness (QED) is 0.260. The van der Waals surface area contributed by atoms with E-state index in [1.807, 2.05) is 0 Å². The van der Waals surface area contributed by atoms with Gasteiger partial charge in [-0.15, -0.1) is 0 Å². The predicted molar refractivity (Wildman–Crippen MR) is 145 cm³/mol. The average Bonchev–Trinajstić information content (AvgIpc) is 3.33. The minimum Gasteiger partial charge on any atom is -0.313 e. The molecule has 0 spiro atoms. The Kier molecular flexibility index (Phi) is 4.08. The summed E-state index contributed by atoms with van der Waals surface area (Å²) in [6.45, 7) is 4.73. The van der Waals surface area contributed by atoms with Crippen LogP contribution in [0.25, 0.3) is 44.2 Å². The van der Waals surface area contributed by atoms with Crippen LogP contribution in [-0.4, -0.2) is 4.57 Å². The number of nitrogens with zero attached hydrogens (tertiary/aromatic N) is 1. The molecule has 0 fully saturated rings. The lowest BCUT2D eigenvalue weighted by atomic mass is 9.82. The zero-order valence-corrected chi connectivity index (χ0v) is 19.7. The third-order valence-electron chi connectivity index (χ3n) is 7.93. The summed E-state index contributed by atoms with van der Waals surface area (Å²) in [5.41, 5.74) is 12.4.